The van der Waals surface area contributed by atoms with Gasteiger partial charge in [-0.25, -0.2) is 4.79 Å². The Morgan fingerprint density at radius 1 is 0.806 bits per heavy atom. The van der Waals surface area contributed by atoms with Crippen molar-refractivity contribution in [2.24, 2.45) is 0 Å². The van der Waals surface area contributed by atoms with Gasteiger partial charge in [-0.15, -0.1) is 0 Å². The van der Waals surface area contributed by atoms with Crippen LogP contribution in [-0.4, -0.2) is 12.6 Å². The molecule has 3 aromatic rings. The Bertz CT molecular complexity index is 1140. The van der Waals surface area contributed by atoms with Gasteiger partial charge in [-0.3, -0.25) is 0 Å². The normalized spacial score (nSPS) is 10.8. The van der Waals surface area contributed by atoms with Gasteiger partial charge in [-0.2, -0.15) is 0 Å². The minimum Gasteiger partial charge on any atom is -0.493 e. The van der Waals surface area contributed by atoms with Crippen molar-refractivity contribution in [1.29, 1.82) is 0 Å². The summed E-state index contributed by atoms with van der Waals surface area (Å²) in [5, 5.41) is 0.694. The maximum Gasteiger partial charge on any atom is 0.343 e. The molecular formula is C26H26Cl2O3. The highest BCUT2D eigenvalue weighted by Gasteiger charge is 2.22. The molecule has 0 heterocycles. The summed E-state index contributed by atoms with van der Waals surface area (Å²) in [4.78, 5) is 12.9. The number of esters is 1. The van der Waals surface area contributed by atoms with Crippen LogP contribution >= 0.6 is 23.2 Å². The standard InChI is InChI=1S/C26H26Cl2O3/c1-6-13-30-22-11-7-15(2)17(4)24(22)25-18(5)16(3)8-12-23(25)31-26(29)19-9-10-20(27)21(28)14-19/h7-12,14H,6,13H2,1-5H3. The number of ether oxygens (including phenoxy) is 2. The Morgan fingerprint density at radius 3 is 1.97 bits per heavy atom. The second-order valence-electron chi connectivity index (χ2n) is 7.63. The molecule has 31 heavy (non-hydrogen) atoms. The predicted octanol–water partition coefficient (Wildman–Crippen LogP) is 7.90. The number of hydrogen-bond acceptors (Lipinski definition) is 3. The van der Waals surface area contributed by atoms with Crippen molar-refractivity contribution in [2.75, 3.05) is 6.61 Å². The van der Waals surface area contributed by atoms with Crippen LogP contribution in [0, 0.1) is 27.7 Å². The summed E-state index contributed by atoms with van der Waals surface area (Å²) in [7, 11) is 0. The van der Waals surface area contributed by atoms with E-state index in [0.29, 0.717) is 28.0 Å². The van der Waals surface area contributed by atoms with Crippen LogP contribution in [0.1, 0.15) is 46.0 Å². The molecule has 0 aliphatic rings. The third-order valence-electron chi connectivity index (χ3n) is 5.46. The molecule has 0 aromatic heterocycles. The molecule has 3 aromatic carbocycles. The third kappa shape index (κ3) is 4.89. The smallest absolute Gasteiger partial charge is 0.343 e. The second-order valence-corrected chi connectivity index (χ2v) is 8.44. The lowest BCUT2D eigenvalue weighted by molar-refractivity contribution is 0.0735. The summed E-state index contributed by atoms with van der Waals surface area (Å²) in [6, 6.07) is 12.5. The van der Waals surface area contributed by atoms with Gasteiger partial charge in [-0.05, 0) is 86.7 Å². The fourth-order valence-corrected chi connectivity index (χ4v) is 3.70. The largest absolute Gasteiger partial charge is 0.493 e. The van der Waals surface area contributed by atoms with Crippen LogP contribution in [0.5, 0.6) is 11.5 Å². The predicted molar refractivity (Wildman–Crippen MR) is 128 cm³/mol. The van der Waals surface area contributed by atoms with Gasteiger partial charge in [0.25, 0.3) is 0 Å². The number of halogens is 2. The molecule has 0 saturated carbocycles. The van der Waals surface area contributed by atoms with Crippen LogP contribution in [0.25, 0.3) is 11.1 Å². The number of aryl methyl sites for hydroxylation is 2. The van der Waals surface area contributed by atoms with Crippen molar-refractivity contribution >= 4 is 29.2 Å². The summed E-state index contributed by atoms with van der Waals surface area (Å²) in [6.45, 7) is 10.9. The van der Waals surface area contributed by atoms with E-state index in [4.69, 9.17) is 32.7 Å². The number of rotatable bonds is 6. The summed E-state index contributed by atoms with van der Waals surface area (Å²) in [6.07, 6.45) is 0.901. The maximum absolute atomic E-state index is 12.9. The van der Waals surface area contributed by atoms with Gasteiger partial charge in [0.1, 0.15) is 11.5 Å². The Morgan fingerprint density at radius 2 is 1.39 bits per heavy atom. The first-order chi connectivity index (χ1) is 14.7. The molecule has 3 nitrogen and oxygen atoms in total. The maximum atomic E-state index is 12.9. The van der Waals surface area contributed by atoms with Gasteiger partial charge in [0.15, 0.2) is 0 Å². The molecule has 0 bridgehead atoms. The van der Waals surface area contributed by atoms with Crippen LogP contribution < -0.4 is 9.47 Å². The average Bonchev–Trinajstić information content (AvgIpc) is 2.74. The van der Waals surface area contributed by atoms with E-state index in [9.17, 15) is 4.79 Å². The lowest BCUT2D eigenvalue weighted by Crippen LogP contribution is -2.10. The zero-order valence-corrected chi connectivity index (χ0v) is 19.9. The number of carbonyl (C=O) groups excluding carboxylic acids is 1. The molecule has 0 atom stereocenters. The number of hydrogen-bond donors (Lipinski definition) is 0. The zero-order chi connectivity index (χ0) is 22.7. The topological polar surface area (TPSA) is 35.5 Å². The first-order valence-corrected chi connectivity index (χ1v) is 11.0. The Balaban J connectivity index is 2.14. The molecule has 0 unspecified atom stereocenters. The first-order valence-electron chi connectivity index (χ1n) is 10.2. The molecule has 0 radical (unpaired) electrons. The molecular weight excluding hydrogens is 431 g/mol. The second kappa shape index (κ2) is 9.76. The van der Waals surface area contributed by atoms with E-state index in [1.807, 2.05) is 32.0 Å². The molecule has 0 aliphatic heterocycles. The third-order valence-corrected chi connectivity index (χ3v) is 6.20. The van der Waals surface area contributed by atoms with Gasteiger partial charge in [-0.1, -0.05) is 42.3 Å². The summed E-state index contributed by atoms with van der Waals surface area (Å²) < 4.78 is 11.9. The number of benzene rings is 3. The van der Waals surface area contributed by atoms with Crippen molar-refractivity contribution in [2.45, 2.75) is 41.0 Å². The van der Waals surface area contributed by atoms with Gasteiger partial charge in [0.05, 0.1) is 22.2 Å². The fraction of sp³-hybridized carbons (Fsp3) is 0.269. The SMILES string of the molecule is CCCOc1ccc(C)c(C)c1-c1c(OC(=O)c2ccc(Cl)c(Cl)c2)ccc(C)c1C. The fourth-order valence-electron chi connectivity index (χ4n) is 3.40. The minimum absolute atomic E-state index is 0.307. The molecule has 0 fully saturated rings. The molecule has 0 spiro atoms. The average molecular weight is 457 g/mol. The van der Waals surface area contributed by atoms with Crippen molar-refractivity contribution in [3.63, 3.8) is 0 Å². The van der Waals surface area contributed by atoms with Crippen molar-refractivity contribution in [3.8, 4) is 22.6 Å². The van der Waals surface area contributed by atoms with E-state index in [-0.39, 0.29) is 0 Å². The lowest BCUT2D eigenvalue weighted by atomic mass is 9.90. The molecule has 3 rings (SSSR count). The zero-order valence-electron chi connectivity index (χ0n) is 18.4. The molecule has 162 valence electrons. The van der Waals surface area contributed by atoms with Crippen LogP contribution in [0.2, 0.25) is 10.0 Å². The van der Waals surface area contributed by atoms with Crippen LogP contribution in [0.3, 0.4) is 0 Å². The quantitative estimate of drug-likeness (QED) is 0.279. The Labute approximate surface area is 193 Å². The Kier molecular flexibility index (Phi) is 7.30. The molecule has 0 saturated heterocycles. The van der Waals surface area contributed by atoms with E-state index in [0.717, 1.165) is 45.6 Å². The molecule has 0 aliphatic carbocycles. The highest BCUT2D eigenvalue weighted by Crippen LogP contribution is 2.43. The van der Waals surface area contributed by atoms with E-state index in [1.165, 1.54) is 6.07 Å². The highest BCUT2D eigenvalue weighted by molar-refractivity contribution is 6.42. The number of carbonyl (C=O) groups is 1. The van der Waals surface area contributed by atoms with Gasteiger partial charge in [0, 0.05) is 11.1 Å². The van der Waals surface area contributed by atoms with Gasteiger partial charge >= 0.3 is 5.97 Å². The molecule has 0 amide bonds. The van der Waals surface area contributed by atoms with E-state index >= 15 is 0 Å². The van der Waals surface area contributed by atoms with Crippen LogP contribution in [0.15, 0.2) is 42.5 Å². The highest BCUT2D eigenvalue weighted by atomic mass is 35.5. The van der Waals surface area contributed by atoms with Crippen LogP contribution in [-0.2, 0) is 0 Å². The van der Waals surface area contributed by atoms with Gasteiger partial charge < -0.3 is 9.47 Å². The summed E-state index contributed by atoms with van der Waals surface area (Å²) in [5.74, 6) is 0.768. The molecule has 5 heteroatoms. The van der Waals surface area contributed by atoms with Crippen LogP contribution in [0.4, 0.5) is 0 Å². The van der Waals surface area contributed by atoms with Crippen molar-refractivity contribution in [1.82, 2.24) is 0 Å². The lowest BCUT2D eigenvalue weighted by Gasteiger charge is -2.21. The summed E-state index contributed by atoms with van der Waals surface area (Å²) >= 11 is 12.1. The van der Waals surface area contributed by atoms with E-state index < -0.39 is 5.97 Å². The monoisotopic (exact) mass is 456 g/mol. The Hall–Kier alpha value is -2.49. The minimum atomic E-state index is -0.496. The summed E-state index contributed by atoms with van der Waals surface area (Å²) in [5.41, 5.74) is 6.52. The van der Waals surface area contributed by atoms with E-state index in [2.05, 4.69) is 26.8 Å². The van der Waals surface area contributed by atoms with Crippen molar-refractivity contribution < 1.29 is 14.3 Å². The first kappa shape index (κ1) is 23.2. The van der Waals surface area contributed by atoms with Crippen molar-refractivity contribution in [3.05, 3.63) is 80.3 Å². The van der Waals surface area contributed by atoms with E-state index in [1.54, 1.807) is 12.1 Å². The van der Waals surface area contributed by atoms with Gasteiger partial charge in [0.2, 0.25) is 0 Å². The molecule has 0 N–H and O–H groups in total.